The average Bonchev–Trinajstić information content (AvgIpc) is 2.39. The van der Waals surface area contributed by atoms with Gasteiger partial charge in [0.15, 0.2) is 0 Å². The smallest absolute Gasteiger partial charge is 0.226 e. The highest BCUT2D eigenvalue weighted by atomic mass is 16.2. The number of rotatable bonds is 1. The molecular formula is C12H21NO. The normalized spacial score (nSPS) is 33.4. The number of hydrogen-bond donors (Lipinski definition) is 0. The number of likely N-dealkylation sites (tertiary alicyclic amines) is 1. The van der Waals surface area contributed by atoms with Gasteiger partial charge in [0, 0.05) is 18.0 Å². The van der Waals surface area contributed by atoms with Crippen molar-refractivity contribution in [3.63, 3.8) is 0 Å². The van der Waals surface area contributed by atoms with E-state index in [1.54, 1.807) is 0 Å². The molecular weight excluding hydrogens is 174 g/mol. The van der Waals surface area contributed by atoms with Gasteiger partial charge in [0.25, 0.3) is 0 Å². The first-order valence-corrected chi connectivity index (χ1v) is 6.02. The lowest BCUT2D eigenvalue weighted by atomic mass is 9.92. The van der Waals surface area contributed by atoms with Gasteiger partial charge in [0.2, 0.25) is 5.91 Å². The van der Waals surface area contributed by atoms with Crippen molar-refractivity contribution in [1.29, 1.82) is 0 Å². The number of carbonyl (C=O) groups is 1. The van der Waals surface area contributed by atoms with Gasteiger partial charge in [0.05, 0.1) is 0 Å². The maximum atomic E-state index is 12.1. The fourth-order valence-electron chi connectivity index (χ4n) is 3.06. The lowest BCUT2D eigenvalue weighted by Gasteiger charge is -2.28. The zero-order valence-electron chi connectivity index (χ0n) is 9.33. The van der Waals surface area contributed by atoms with Crippen molar-refractivity contribution in [2.45, 2.75) is 64.5 Å². The van der Waals surface area contributed by atoms with Gasteiger partial charge < -0.3 is 4.90 Å². The first-order chi connectivity index (χ1) is 6.70. The van der Waals surface area contributed by atoms with Crippen molar-refractivity contribution in [3.05, 3.63) is 0 Å². The Labute approximate surface area is 86.7 Å². The number of nitrogens with zero attached hydrogens (tertiary/aromatic N) is 1. The van der Waals surface area contributed by atoms with E-state index in [4.69, 9.17) is 0 Å². The SMILES string of the molecule is CC(C)N1C(=O)C2CCCCCC1C2. The molecule has 2 atom stereocenters. The Hall–Kier alpha value is -0.530. The number of fused-ring (bicyclic) bond motifs is 2. The van der Waals surface area contributed by atoms with Gasteiger partial charge in [-0.25, -0.2) is 0 Å². The summed E-state index contributed by atoms with van der Waals surface area (Å²) >= 11 is 0. The van der Waals surface area contributed by atoms with E-state index >= 15 is 0 Å². The molecule has 0 N–H and O–H groups in total. The maximum absolute atomic E-state index is 12.1. The second-order valence-corrected chi connectivity index (χ2v) is 5.06. The molecule has 0 aromatic rings. The fraction of sp³-hybridized carbons (Fsp3) is 0.917. The number of amides is 1. The molecule has 2 fully saturated rings. The van der Waals surface area contributed by atoms with Crippen molar-refractivity contribution < 1.29 is 4.79 Å². The molecule has 2 rings (SSSR count). The minimum absolute atomic E-state index is 0.364. The summed E-state index contributed by atoms with van der Waals surface area (Å²) in [6.45, 7) is 4.29. The largest absolute Gasteiger partial charge is 0.337 e. The van der Waals surface area contributed by atoms with Crippen LogP contribution in [0.25, 0.3) is 0 Å². The Morgan fingerprint density at radius 3 is 2.64 bits per heavy atom. The zero-order chi connectivity index (χ0) is 10.1. The Bertz CT molecular complexity index is 224. The zero-order valence-corrected chi connectivity index (χ0v) is 9.33. The third-order valence-electron chi connectivity index (χ3n) is 3.70. The van der Waals surface area contributed by atoms with E-state index in [1.807, 2.05) is 0 Å². The third kappa shape index (κ3) is 1.67. The molecule has 1 saturated heterocycles. The molecule has 1 saturated carbocycles. The summed E-state index contributed by atoms with van der Waals surface area (Å²) in [6, 6.07) is 0.961. The highest BCUT2D eigenvalue weighted by Crippen LogP contribution is 2.35. The van der Waals surface area contributed by atoms with Crippen LogP contribution >= 0.6 is 0 Å². The average molecular weight is 195 g/mol. The topological polar surface area (TPSA) is 20.3 Å². The van der Waals surface area contributed by atoms with Gasteiger partial charge in [0.1, 0.15) is 0 Å². The molecule has 80 valence electrons. The predicted octanol–water partition coefficient (Wildman–Crippen LogP) is 2.58. The van der Waals surface area contributed by atoms with Crippen LogP contribution in [0, 0.1) is 5.92 Å². The van der Waals surface area contributed by atoms with Crippen molar-refractivity contribution in [2.75, 3.05) is 0 Å². The summed E-state index contributed by atoms with van der Waals surface area (Å²) in [7, 11) is 0. The molecule has 1 amide bonds. The Morgan fingerprint density at radius 2 is 1.93 bits per heavy atom. The van der Waals surface area contributed by atoms with Crippen LogP contribution in [0.5, 0.6) is 0 Å². The Morgan fingerprint density at radius 1 is 1.21 bits per heavy atom. The molecule has 1 heterocycles. The molecule has 0 aromatic heterocycles. The first kappa shape index (κ1) is 10.0. The molecule has 0 aromatic carbocycles. The fourth-order valence-corrected chi connectivity index (χ4v) is 3.06. The van der Waals surface area contributed by atoms with Crippen molar-refractivity contribution in [3.8, 4) is 0 Å². The Kier molecular flexibility index (Phi) is 2.80. The highest BCUT2D eigenvalue weighted by molar-refractivity contribution is 5.81. The standard InChI is InChI=1S/C12H21NO/c1-9(2)13-11-7-5-3-4-6-10(8-11)12(13)14/h9-11H,3-8H2,1-2H3. The van der Waals surface area contributed by atoms with Crippen LogP contribution in [0.15, 0.2) is 0 Å². The van der Waals surface area contributed by atoms with E-state index in [1.165, 1.54) is 25.7 Å². The van der Waals surface area contributed by atoms with Crippen LogP contribution in [0.2, 0.25) is 0 Å². The monoisotopic (exact) mass is 195 g/mol. The summed E-state index contributed by atoms with van der Waals surface area (Å²) in [5.74, 6) is 0.801. The second-order valence-electron chi connectivity index (χ2n) is 5.06. The van der Waals surface area contributed by atoms with Crippen LogP contribution in [0.4, 0.5) is 0 Å². The summed E-state index contributed by atoms with van der Waals surface area (Å²) < 4.78 is 0. The van der Waals surface area contributed by atoms with E-state index < -0.39 is 0 Å². The van der Waals surface area contributed by atoms with Crippen LogP contribution in [-0.2, 0) is 4.79 Å². The molecule has 2 aliphatic rings. The molecule has 2 bridgehead atoms. The van der Waals surface area contributed by atoms with Gasteiger partial charge in [-0.2, -0.15) is 0 Å². The van der Waals surface area contributed by atoms with E-state index in [9.17, 15) is 4.79 Å². The summed E-state index contributed by atoms with van der Waals surface area (Å²) in [6.07, 6.45) is 7.41. The van der Waals surface area contributed by atoms with E-state index in [-0.39, 0.29) is 0 Å². The minimum Gasteiger partial charge on any atom is -0.337 e. The van der Waals surface area contributed by atoms with E-state index in [2.05, 4.69) is 18.7 Å². The number of hydrogen-bond acceptors (Lipinski definition) is 1. The summed E-state index contributed by atoms with van der Waals surface area (Å²) in [5, 5.41) is 0. The molecule has 1 aliphatic heterocycles. The van der Waals surface area contributed by atoms with E-state index in [0.29, 0.717) is 23.9 Å². The predicted molar refractivity (Wildman–Crippen MR) is 57.0 cm³/mol. The summed E-state index contributed by atoms with van der Waals surface area (Å²) in [4.78, 5) is 14.2. The molecule has 2 nitrogen and oxygen atoms in total. The van der Waals surface area contributed by atoms with Gasteiger partial charge in [-0.1, -0.05) is 19.3 Å². The quantitative estimate of drug-likeness (QED) is 0.629. The van der Waals surface area contributed by atoms with Gasteiger partial charge in [-0.15, -0.1) is 0 Å². The lowest BCUT2D eigenvalue weighted by molar-refractivity contribution is -0.133. The summed E-state index contributed by atoms with van der Waals surface area (Å²) in [5.41, 5.74) is 0. The first-order valence-electron chi connectivity index (χ1n) is 6.02. The minimum atomic E-state index is 0.364. The van der Waals surface area contributed by atoms with Gasteiger partial charge in [-0.05, 0) is 33.1 Å². The van der Waals surface area contributed by atoms with Crippen LogP contribution < -0.4 is 0 Å². The second kappa shape index (κ2) is 3.92. The van der Waals surface area contributed by atoms with E-state index in [0.717, 1.165) is 12.8 Å². The lowest BCUT2D eigenvalue weighted by Crippen LogP contribution is -2.39. The van der Waals surface area contributed by atoms with Crippen LogP contribution in [0.1, 0.15) is 52.4 Å². The number of carbonyl (C=O) groups excluding carboxylic acids is 1. The Balaban J connectivity index is 2.14. The van der Waals surface area contributed by atoms with Gasteiger partial charge >= 0.3 is 0 Å². The van der Waals surface area contributed by atoms with Crippen molar-refractivity contribution in [1.82, 2.24) is 4.90 Å². The van der Waals surface area contributed by atoms with Crippen LogP contribution in [-0.4, -0.2) is 22.9 Å². The highest BCUT2D eigenvalue weighted by Gasteiger charge is 2.40. The van der Waals surface area contributed by atoms with Crippen LogP contribution in [0.3, 0.4) is 0 Å². The maximum Gasteiger partial charge on any atom is 0.226 e. The molecule has 0 spiro atoms. The molecule has 1 aliphatic carbocycles. The van der Waals surface area contributed by atoms with Crippen molar-refractivity contribution in [2.24, 2.45) is 5.92 Å². The van der Waals surface area contributed by atoms with Gasteiger partial charge in [-0.3, -0.25) is 4.79 Å². The molecule has 2 heteroatoms. The van der Waals surface area contributed by atoms with Crippen molar-refractivity contribution >= 4 is 5.91 Å². The molecule has 2 unspecified atom stereocenters. The molecule has 0 radical (unpaired) electrons. The molecule has 14 heavy (non-hydrogen) atoms. The third-order valence-corrected chi connectivity index (χ3v) is 3.70.